The Kier molecular flexibility index (Phi) is 6.73. The lowest BCUT2D eigenvalue weighted by Crippen LogP contribution is -1.70. The summed E-state index contributed by atoms with van der Waals surface area (Å²) in [6.45, 7) is 2.04. The second kappa shape index (κ2) is 7.30. The minimum absolute atomic E-state index is 0.928. The van der Waals surface area contributed by atoms with Crippen LogP contribution in [0, 0.1) is 12.3 Å². The minimum atomic E-state index is 0.928. The molecule has 50 valence electrons. The van der Waals surface area contributed by atoms with Gasteiger partial charge in [-0.05, 0) is 26.2 Å². The molecule has 0 saturated carbocycles. The fourth-order valence-electron chi connectivity index (χ4n) is 0.656. The van der Waals surface area contributed by atoms with Crippen LogP contribution in [0.2, 0.25) is 0 Å². The lowest BCUT2D eigenvalue weighted by Gasteiger charge is -1.88. The van der Waals surface area contributed by atoms with Gasteiger partial charge in [-0.2, -0.15) is 0 Å². The van der Waals surface area contributed by atoms with Crippen LogP contribution in [-0.2, 0) is 0 Å². The van der Waals surface area contributed by atoms with Crippen LogP contribution in [-0.4, -0.2) is 0 Å². The summed E-state index contributed by atoms with van der Waals surface area (Å²) < 4.78 is 0. The molecule has 0 heteroatoms. The standard InChI is InChI=1S/C9H14/c1-3-5-7-9-8-6-4-2/h1,4,6H,5,7-9H2,2H3/b6-4-. The molecule has 0 bridgehead atoms. The van der Waals surface area contributed by atoms with Crippen molar-refractivity contribution in [3.05, 3.63) is 12.2 Å². The van der Waals surface area contributed by atoms with Crippen LogP contribution < -0.4 is 0 Å². The lowest BCUT2D eigenvalue weighted by molar-refractivity contribution is 0.772. The fourth-order valence-corrected chi connectivity index (χ4v) is 0.656. The molecule has 9 heavy (non-hydrogen) atoms. The van der Waals surface area contributed by atoms with Crippen LogP contribution in [0.1, 0.15) is 32.6 Å². The molecule has 0 saturated heterocycles. The highest BCUT2D eigenvalue weighted by Gasteiger charge is 1.80. The van der Waals surface area contributed by atoms with Crippen LogP contribution >= 0.6 is 0 Å². The molecule has 0 aliphatic rings. The van der Waals surface area contributed by atoms with E-state index in [2.05, 4.69) is 18.1 Å². The van der Waals surface area contributed by atoms with E-state index in [1.54, 1.807) is 0 Å². The second-order valence-corrected chi connectivity index (χ2v) is 2.02. The molecule has 0 heterocycles. The second-order valence-electron chi connectivity index (χ2n) is 2.02. The van der Waals surface area contributed by atoms with Gasteiger partial charge in [0.15, 0.2) is 0 Å². The van der Waals surface area contributed by atoms with Crippen molar-refractivity contribution < 1.29 is 0 Å². The molecule has 0 aliphatic heterocycles. The first-order valence-electron chi connectivity index (χ1n) is 3.46. The van der Waals surface area contributed by atoms with Crippen molar-refractivity contribution in [2.75, 3.05) is 0 Å². The van der Waals surface area contributed by atoms with E-state index in [4.69, 9.17) is 6.42 Å². The van der Waals surface area contributed by atoms with Gasteiger partial charge < -0.3 is 0 Å². The lowest BCUT2D eigenvalue weighted by atomic mass is 10.2. The average molecular weight is 122 g/mol. The maximum absolute atomic E-state index is 5.08. The maximum Gasteiger partial charge on any atom is 0.00861 e. The minimum Gasteiger partial charge on any atom is -0.120 e. The first-order chi connectivity index (χ1) is 4.41. The zero-order valence-corrected chi connectivity index (χ0v) is 6.06. The topological polar surface area (TPSA) is 0 Å². The van der Waals surface area contributed by atoms with Crippen molar-refractivity contribution in [2.45, 2.75) is 32.6 Å². The maximum atomic E-state index is 5.08. The quantitative estimate of drug-likeness (QED) is 0.305. The van der Waals surface area contributed by atoms with Crippen molar-refractivity contribution in [3.8, 4) is 12.3 Å². The van der Waals surface area contributed by atoms with Gasteiger partial charge in [0.1, 0.15) is 0 Å². The van der Waals surface area contributed by atoms with Gasteiger partial charge in [0, 0.05) is 6.42 Å². The van der Waals surface area contributed by atoms with Gasteiger partial charge in [0.25, 0.3) is 0 Å². The Morgan fingerprint density at radius 2 is 2.22 bits per heavy atom. The molecule has 0 aromatic carbocycles. The molecular weight excluding hydrogens is 108 g/mol. The summed E-state index contributed by atoms with van der Waals surface area (Å²) in [5.41, 5.74) is 0. The van der Waals surface area contributed by atoms with Crippen molar-refractivity contribution in [1.29, 1.82) is 0 Å². The first-order valence-corrected chi connectivity index (χ1v) is 3.46. The van der Waals surface area contributed by atoms with E-state index >= 15 is 0 Å². The first kappa shape index (κ1) is 8.30. The Bertz CT molecular complexity index is 104. The number of terminal acetylenes is 1. The van der Waals surface area contributed by atoms with E-state index in [0.29, 0.717) is 0 Å². The summed E-state index contributed by atoms with van der Waals surface area (Å²) >= 11 is 0. The molecule has 0 atom stereocenters. The summed E-state index contributed by atoms with van der Waals surface area (Å²) in [7, 11) is 0. The molecule has 0 nitrogen and oxygen atoms in total. The third-order valence-electron chi connectivity index (χ3n) is 1.18. The smallest absolute Gasteiger partial charge is 0.00861 e. The molecule has 0 amide bonds. The predicted octanol–water partition coefficient (Wildman–Crippen LogP) is 2.76. The van der Waals surface area contributed by atoms with Crippen molar-refractivity contribution in [3.63, 3.8) is 0 Å². The molecule has 0 N–H and O–H groups in total. The van der Waals surface area contributed by atoms with E-state index in [9.17, 15) is 0 Å². The third kappa shape index (κ3) is 7.30. The molecule has 0 fully saturated rings. The van der Waals surface area contributed by atoms with Gasteiger partial charge in [0.05, 0.1) is 0 Å². The Labute approximate surface area is 58.0 Å². The summed E-state index contributed by atoms with van der Waals surface area (Å²) in [5, 5.41) is 0. The van der Waals surface area contributed by atoms with E-state index in [-0.39, 0.29) is 0 Å². The molecular formula is C9H14. The zero-order valence-electron chi connectivity index (χ0n) is 6.06. The largest absolute Gasteiger partial charge is 0.120 e. The summed E-state index contributed by atoms with van der Waals surface area (Å²) in [5.74, 6) is 2.62. The Hall–Kier alpha value is -0.700. The monoisotopic (exact) mass is 122 g/mol. The van der Waals surface area contributed by atoms with E-state index < -0.39 is 0 Å². The number of hydrogen-bond donors (Lipinski definition) is 0. The Morgan fingerprint density at radius 3 is 2.78 bits per heavy atom. The van der Waals surface area contributed by atoms with Crippen molar-refractivity contribution in [2.24, 2.45) is 0 Å². The number of unbranched alkanes of at least 4 members (excludes halogenated alkanes) is 3. The van der Waals surface area contributed by atoms with Gasteiger partial charge in [-0.1, -0.05) is 12.2 Å². The van der Waals surface area contributed by atoms with Crippen molar-refractivity contribution in [1.82, 2.24) is 0 Å². The number of rotatable bonds is 4. The zero-order chi connectivity index (χ0) is 6.95. The summed E-state index contributed by atoms with van der Waals surface area (Å²) in [6.07, 6.45) is 13.8. The highest BCUT2D eigenvalue weighted by molar-refractivity contribution is 4.84. The fraction of sp³-hybridized carbons (Fsp3) is 0.556. The molecule has 0 rings (SSSR count). The molecule has 0 radical (unpaired) electrons. The van der Waals surface area contributed by atoms with Crippen LogP contribution in [0.5, 0.6) is 0 Å². The van der Waals surface area contributed by atoms with Gasteiger partial charge in [0.2, 0.25) is 0 Å². The Balaban J connectivity index is 2.85. The number of hydrogen-bond acceptors (Lipinski definition) is 0. The SMILES string of the molecule is C#CCCCC/C=C\C. The predicted molar refractivity (Wildman–Crippen MR) is 42.1 cm³/mol. The van der Waals surface area contributed by atoms with Crippen LogP contribution in [0.25, 0.3) is 0 Å². The van der Waals surface area contributed by atoms with E-state index in [1.807, 2.05) is 6.92 Å². The molecule has 0 aromatic rings. The number of allylic oxidation sites excluding steroid dienone is 2. The van der Waals surface area contributed by atoms with E-state index in [1.165, 1.54) is 19.3 Å². The average Bonchev–Trinajstić information content (AvgIpc) is 1.89. The highest BCUT2D eigenvalue weighted by Crippen LogP contribution is 1.98. The van der Waals surface area contributed by atoms with Crippen LogP contribution in [0.15, 0.2) is 12.2 Å². The molecule has 0 spiro atoms. The van der Waals surface area contributed by atoms with E-state index in [0.717, 1.165) is 6.42 Å². The molecule has 0 aliphatic carbocycles. The Morgan fingerprint density at radius 1 is 1.44 bits per heavy atom. The summed E-state index contributed by atoms with van der Waals surface area (Å²) in [6, 6.07) is 0. The van der Waals surface area contributed by atoms with Gasteiger partial charge >= 0.3 is 0 Å². The highest BCUT2D eigenvalue weighted by atomic mass is 13.9. The van der Waals surface area contributed by atoms with Gasteiger partial charge in [-0.25, -0.2) is 0 Å². The summed E-state index contributed by atoms with van der Waals surface area (Å²) in [4.78, 5) is 0. The molecule has 0 unspecified atom stereocenters. The van der Waals surface area contributed by atoms with Gasteiger partial charge in [-0.15, -0.1) is 12.3 Å². The van der Waals surface area contributed by atoms with Crippen LogP contribution in [0.4, 0.5) is 0 Å². The van der Waals surface area contributed by atoms with Crippen LogP contribution in [0.3, 0.4) is 0 Å². The normalized spacial score (nSPS) is 9.78. The van der Waals surface area contributed by atoms with Gasteiger partial charge in [-0.3, -0.25) is 0 Å². The molecule has 0 aromatic heterocycles. The third-order valence-corrected chi connectivity index (χ3v) is 1.18. The van der Waals surface area contributed by atoms with Crippen molar-refractivity contribution >= 4 is 0 Å².